The Morgan fingerprint density at radius 2 is 1.94 bits per heavy atom. The predicted molar refractivity (Wildman–Crippen MR) is 72.1 cm³/mol. The van der Waals surface area contributed by atoms with Gasteiger partial charge in [-0.15, -0.1) is 0 Å². The highest BCUT2D eigenvalue weighted by molar-refractivity contribution is 5.99. The number of nitrogen functional groups attached to an aromatic ring is 1. The van der Waals surface area contributed by atoms with Crippen molar-refractivity contribution in [2.45, 2.75) is 0 Å². The van der Waals surface area contributed by atoms with Gasteiger partial charge in [0.2, 0.25) is 0 Å². The lowest BCUT2D eigenvalue weighted by Crippen LogP contribution is -2.47. The Kier molecular flexibility index (Phi) is 3.69. The number of rotatable bonds is 3. The van der Waals surface area contributed by atoms with Crippen LogP contribution in [0.3, 0.4) is 0 Å². The van der Waals surface area contributed by atoms with Crippen LogP contribution in [0.15, 0.2) is 18.2 Å². The molecular weight excluding hydrogens is 230 g/mol. The SMILES string of the molecule is CN1CCN(Nc2cc(N)ccc2C(N)=O)CC1. The molecule has 0 spiro atoms. The van der Waals surface area contributed by atoms with Gasteiger partial charge in [0.15, 0.2) is 0 Å². The molecule has 0 saturated carbocycles. The maximum Gasteiger partial charge on any atom is 0.250 e. The second-order valence-electron chi connectivity index (χ2n) is 4.57. The third-order valence-corrected chi connectivity index (χ3v) is 3.09. The van der Waals surface area contributed by atoms with Gasteiger partial charge >= 0.3 is 0 Å². The largest absolute Gasteiger partial charge is 0.399 e. The summed E-state index contributed by atoms with van der Waals surface area (Å²) in [5, 5.41) is 2.07. The highest BCUT2D eigenvalue weighted by Gasteiger charge is 2.16. The number of likely N-dealkylation sites (N-methyl/N-ethyl adjacent to an activating group) is 1. The van der Waals surface area contributed by atoms with E-state index in [-0.39, 0.29) is 0 Å². The molecule has 2 rings (SSSR count). The van der Waals surface area contributed by atoms with Gasteiger partial charge in [0, 0.05) is 31.9 Å². The van der Waals surface area contributed by atoms with Gasteiger partial charge in [-0.25, -0.2) is 5.01 Å². The summed E-state index contributed by atoms with van der Waals surface area (Å²) in [6, 6.07) is 5.06. The molecule has 1 saturated heterocycles. The Morgan fingerprint density at radius 3 is 2.56 bits per heavy atom. The van der Waals surface area contributed by atoms with E-state index in [1.54, 1.807) is 18.2 Å². The lowest BCUT2D eigenvalue weighted by Gasteiger charge is -2.33. The van der Waals surface area contributed by atoms with Crippen LogP contribution in [0.4, 0.5) is 11.4 Å². The molecule has 0 bridgehead atoms. The number of primary amides is 1. The summed E-state index contributed by atoms with van der Waals surface area (Å²) in [4.78, 5) is 13.6. The average molecular weight is 249 g/mol. The molecule has 6 heteroatoms. The van der Waals surface area contributed by atoms with Crippen LogP contribution in [-0.2, 0) is 0 Å². The number of nitrogens with two attached hydrogens (primary N) is 2. The fraction of sp³-hybridized carbons (Fsp3) is 0.417. The molecular formula is C12H19N5O. The van der Waals surface area contributed by atoms with Crippen molar-refractivity contribution in [2.24, 2.45) is 5.73 Å². The van der Waals surface area contributed by atoms with Crippen LogP contribution < -0.4 is 16.9 Å². The zero-order valence-corrected chi connectivity index (χ0v) is 10.5. The van der Waals surface area contributed by atoms with Crippen molar-refractivity contribution in [1.29, 1.82) is 0 Å². The fourth-order valence-corrected chi connectivity index (χ4v) is 1.96. The van der Waals surface area contributed by atoms with Gasteiger partial charge in [-0.05, 0) is 25.2 Å². The van der Waals surface area contributed by atoms with E-state index in [4.69, 9.17) is 11.5 Å². The van der Waals surface area contributed by atoms with Crippen LogP contribution in [-0.4, -0.2) is 49.0 Å². The first kappa shape index (κ1) is 12.7. The molecule has 1 aliphatic heterocycles. The summed E-state index contributed by atoms with van der Waals surface area (Å²) in [6.45, 7) is 3.76. The molecule has 1 heterocycles. The topological polar surface area (TPSA) is 87.6 Å². The first-order chi connectivity index (χ1) is 8.56. The quantitative estimate of drug-likeness (QED) is 0.653. The average Bonchev–Trinajstić information content (AvgIpc) is 2.32. The first-order valence-corrected chi connectivity index (χ1v) is 5.96. The Morgan fingerprint density at radius 1 is 1.28 bits per heavy atom. The molecule has 18 heavy (non-hydrogen) atoms. The van der Waals surface area contributed by atoms with Crippen LogP contribution in [0.25, 0.3) is 0 Å². The van der Waals surface area contributed by atoms with Crippen molar-refractivity contribution in [1.82, 2.24) is 9.91 Å². The minimum Gasteiger partial charge on any atom is -0.399 e. The molecule has 0 atom stereocenters. The van der Waals surface area contributed by atoms with E-state index in [0.717, 1.165) is 26.2 Å². The van der Waals surface area contributed by atoms with Gasteiger partial charge in [0.25, 0.3) is 5.91 Å². The molecule has 98 valence electrons. The third kappa shape index (κ3) is 2.91. The summed E-state index contributed by atoms with van der Waals surface area (Å²) in [5.41, 5.74) is 16.0. The van der Waals surface area contributed by atoms with Crippen LogP contribution in [0.2, 0.25) is 0 Å². The van der Waals surface area contributed by atoms with Crippen LogP contribution in [0.5, 0.6) is 0 Å². The van der Waals surface area contributed by atoms with Crippen molar-refractivity contribution in [2.75, 3.05) is 44.4 Å². The number of carbonyl (C=O) groups excluding carboxylic acids is 1. The van der Waals surface area contributed by atoms with Gasteiger partial charge in [-0.2, -0.15) is 0 Å². The monoisotopic (exact) mass is 249 g/mol. The third-order valence-electron chi connectivity index (χ3n) is 3.09. The van der Waals surface area contributed by atoms with Gasteiger partial charge in [-0.3, -0.25) is 4.79 Å². The number of carbonyl (C=O) groups is 1. The summed E-state index contributed by atoms with van der Waals surface area (Å²) in [5.74, 6) is -0.452. The number of hydrazine groups is 1. The number of anilines is 2. The highest BCUT2D eigenvalue weighted by Crippen LogP contribution is 2.19. The molecule has 1 aromatic rings. The van der Waals surface area contributed by atoms with Crippen LogP contribution in [0, 0.1) is 0 Å². The molecule has 0 radical (unpaired) electrons. The second-order valence-corrected chi connectivity index (χ2v) is 4.57. The molecule has 0 aromatic heterocycles. The number of benzene rings is 1. The van der Waals surface area contributed by atoms with E-state index >= 15 is 0 Å². The lowest BCUT2D eigenvalue weighted by molar-refractivity contribution is 0.100. The lowest BCUT2D eigenvalue weighted by atomic mass is 10.1. The van der Waals surface area contributed by atoms with Crippen molar-refractivity contribution in [3.63, 3.8) is 0 Å². The van der Waals surface area contributed by atoms with E-state index in [9.17, 15) is 4.79 Å². The van der Waals surface area contributed by atoms with Gasteiger partial charge < -0.3 is 21.8 Å². The van der Waals surface area contributed by atoms with Crippen molar-refractivity contribution in [3.05, 3.63) is 23.8 Å². The molecule has 1 aromatic carbocycles. The molecule has 6 nitrogen and oxygen atoms in total. The van der Waals surface area contributed by atoms with E-state index in [1.807, 2.05) is 0 Å². The van der Waals surface area contributed by atoms with E-state index < -0.39 is 5.91 Å². The number of hydrogen-bond donors (Lipinski definition) is 3. The number of nitrogens with one attached hydrogen (secondary N) is 1. The maximum absolute atomic E-state index is 11.3. The fourth-order valence-electron chi connectivity index (χ4n) is 1.96. The van der Waals surface area contributed by atoms with Gasteiger partial charge in [0.05, 0.1) is 11.3 Å². The van der Waals surface area contributed by atoms with E-state index in [2.05, 4.69) is 22.4 Å². The molecule has 0 unspecified atom stereocenters. The number of nitrogens with zero attached hydrogens (tertiary/aromatic N) is 2. The summed E-state index contributed by atoms with van der Waals surface area (Å²) in [7, 11) is 2.09. The van der Waals surface area contributed by atoms with Crippen molar-refractivity contribution in [3.8, 4) is 0 Å². The summed E-state index contributed by atoms with van der Waals surface area (Å²) < 4.78 is 0. The number of amides is 1. The van der Waals surface area contributed by atoms with Crippen molar-refractivity contribution < 1.29 is 4.79 Å². The van der Waals surface area contributed by atoms with E-state index in [0.29, 0.717) is 16.9 Å². The normalized spacial score (nSPS) is 17.6. The standard InChI is InChI=1S/C12H19N5O/c1-16-4-6-17(7-5-16)15-11-8-9(13)2-3-10(11)12(14)18/h2-3,8,15H,4-7,13H2,1H3,(H2,14,18). The van der Waals surface area contributed by atoms with Gasteiger partial charge in [0.1, 0.15) is 0 Å². The molecule has 5 N–H and O–H groups in total. The van der Waals surface area contributed by atoms with Gasteiger partial charge in [-0.1, -0.05) is 0 Å². The Bertz CT molecular complexity index is 440. The summed E-state index contributed by atoms with van der Waals surface area (Å²) in [6.07, 6.45) is 0. The van der Waals surface area contributed by atoms with Crippen molar-refractivity contribution >= 4 is 17.3 Å². The first-order valence-electron chi connectivity index (χ1n) is 5.96. The summed E-state index contributed by atoms with van der Waals surface area (Å²) >= 11 is 0. The molecule has 1 fully saturated rings. The zero-order chi connectivity index (χ0) is 13.1. The minimum absolute atomic E-state index is 0.452. The number of hydrogen-bond acceptors (Lipinski definition) is 5. The Hall–Kier alpha value is -1.79. The molecule has 0 aliphatic carbocycles. The zero-order valence-electron chi connectivity index (χ0n) is 10.5. The minimum atomic E-state index is -0.452. The maximum atomic E-state index is 11.3. The molecule has 1 aliphatic rings. The number of piperazine rings is 1. The van der Waals surface area contributed by atoms with Crippen LogP contribution >= 0.6 is 0 Å². The van der Waals surface area contributed by atoms with Crippen LogP contribution in [0.1, 0.15) is 10.4 Å². The Labute approximate surface area is 106 Å². The smallest absolute Gasteiger partial charge is 0.250 e. The second kappa shape index (κ2) is 5.24. The van der Waals surface area contributed by atoms with E-state index in [1.165, 1.54) is 0 Å². The highest BCUT2D eigenvalue weighted by atomic mass is 16.1. The Balaban J connectivity index is 2.12. The molecule has 1 amide bonds. The predicted octanol–water partition coefficient (Wildman–Crippen LogP) is -0.0580.